The molecule has 2 aliphatic rings. The number of carbonyl (C=O) groups excluding carboxylic acids is 1. The lowest BCUT2D eigenvalue weighted by atomic mass is 10.1. The maximum absolute atomic E-state index is 13.4. The Morgan fingerprint density at radius 3 is 2.71 bits per heavy atom. The number of nitrogens with zero attached hydrogens (tertiary/aromatic N) is 5. The lowest BCUT2D eigenvalue weighted by Crippen LogP contribution is -2.38. The first kappa shape index (κ1) is 21.3. The van der Waals surface area contributed by atoms with Crippen LogP contribution in [-0.2, 0) is 11.3 Å². The summed E-state index contributed by atoms with van der Waals surface area (Å²) >= 11 is 6.16. The Balaban J connectivity index is 1.36. The zero-order chi connectivity index (χ0) is 24.3. The van der Waals surface area contributed by atoms with Crippen molar-refractivity contribution in [1.82, 2.24) is 19.0 Å². The molecule has 1 N–H and O–H groups in total. The van der Waals surface area contributed by atoms with E-state index in [1.807, 2.05) is 6.07 Å². The fourth-order valence-electron chi connectivity index (χ4n) is 5.15. The fraction of sp³-hybridized carbons (Fsp3) is 0.200. The number of nitriles is 1. The Bertz CT molecular complexity index is 1620. The van der Waals surface area contributed by atoms with Crippen LogP contribution in [0, 0.1) is 11.3 Å². The van der Waals surface area contributed by atoms with Crippen molar-refractivity contribution in [1.29, 1.82) is 5.26 Å². The van der Waals surface area contributed by atoms with Gasteiger partial charge in [-0.25, -0.2) is 19.1 Å². The van der Waals surface area contributed by atoms with E-state index in [4.69, 9.17) is 16.3 Å². The maximum Gasteiger partial charge on any atom is 0.410 e. The highest BCUT2D eigenvalue weighted by atomic mass is 35.5. The predicted molar refractivity (Wildman–Crippen MR) is 126 cm³/mol. The van der Waals surface area contributed by atoms with Crippen LogP contribution in [0.25, 0.3) is 16.5 Å². The number of halogens is 1. The molecule has 174 valence electrons. The molecule has 0 spiro atoms. The Morgan fingerprint density at radius 1 is 1.20 bits per heavy atom. The van der Waals surface area contributed by atoms with Gasteiger partial charge in [-0.3, -0.25) is 9.47 Å². The van der Waals surface area contributed by atoms with Crippen molar-refractivity contribution >= 4 is 28.5 Å². The molecule has 1 amide bonds. The molecule has 9 nitrogen and oxygen atoms in total. The summed E-state index contributed by atoms with van der Waals surface area (Å²) in [4.78, 5) is 32.0. The van der Waals surface area contributed by atoms with Gasteiger partial charge in [0.1, 0.15) is 24.1 Å². The molecular weight excluding hydrogens is 470 g/mol. The summed E-state index contributed by atoms with van der Waals surface area (Å²) in [7, 11) is 0. The number of rotatable bonds is 3. The quantitative estimate of drug-likeness (QED) is 0.466. The second kappa shape index (κ2) is 7.89. The number of likely N-dealkylation sites (tertiary alicyclic amines) is 1. The van der Waals surface area contributed by atoms with Gasteiger partial charge in [-0.15, -0.1) is 0 Å². The number of ether oxygens (including phenoxy) is 1. The summed E-state index contributed by atoms with van der Waals surface area (Å²) in [5.74, 6) is -0.247. The molecule has 6 rings (SSSR count). The Labute approximate surface area is 204 Å². The van der Waals surface area contributed by atoms with Gasteiger partial charge in [-0.1, -0.05) is 54.1 Å². The SMILES string of the molecule is N#Cc1ncc(-n2c(O)c3n(c2=O)C2CC3N(C(=O)OCc3ccccc3Cl)C2)c2ccccc12. The van der Waals surface area contributed by atoms with Crippen LogP contribution < -0.4 is 5.69 Å². The van der Waals surface area contributed by atoms with Crippen molar-refractivity contribution in [2.45, 2.75) is 25.1 Å². The minimum atomic E-state index is -0.534. The standard InChI is InChI=1S/C25H18ClN5O4/c26-18-8-4-1-5-14(18)13-35-25(34)29-12-15-9-20(29)22-23(32)31(24(33)30(15)22)21-11-28-19(10-27)16-6-2-3-7-17(16)21/h1-8,11,15,20,32H,9,12-13H2. The van der Waals surface area contributed by atoms with Gasteiger partial charge in [-0.2, -0.15) is 5.26 Å². The van der Waals surface area contributed by atoms with Crippen LogP contribution in [-0.4, -0.2) is 36.8 Å². The number of aromatic nitrogens is 3. The van der Waals surface area contributed by atoms with Crippen molar-refractivity contribution in [2.24, 2.45) is 0 Å². The second-order valence-corrected chi connectivity index (χ2v) is 8.96. The van der Waals surface area contributed by atoms with E-state index in [2.05, 4.69) is 11.1 Å². The summed E-state index contributed by atoms with van der Waals surface area (Å²) < 4.78 is 8.24. The molecule has 2 bridgehead atoms. The zero-order valence-corrected chi connectivity index (χ0v) is 19.0. The van der Waals surface area contributed by atoms with Gasteiger partial charge in [0.15, 0.2) is 0 Å². The molecule has 10 heteroatoms. The number of benzene rings is 2. The smallest absolute Gasteiger partial charge is 0.410 e. The molecule has 2 aromatic heterocycles. The van der Waals surface area contributed by atoms with Crippen molar-refractivity contribution in [2.75, 3.05) is 6.54 Å². The Hall–Kier alpha value is -4.29. The molecular formula is C25H18ClN5O4. The molecule has 1 saturated heterocycles. The van der Waals surface area contributed by atoms with Gasteiger partial charge in [0.25, 0.3) is 0 Å². The largest absolute Gasteiger partial charge is 0.493 e. The summed E-state index contributed by atoms with van der Waals surface area (Å²) in [6, 6.07) is 15.5. The van der Waals surface area contributed by atoms with E-state index in [9.17, 15) is 20.0 Å². The van der Waals surface area contributed by atoms with Crippen molar-refractivity contribution in [3.63, 3.8) is 0 Å². The van der Waals surface area contributed by atoms with Gasteiger partial charge in [0, 0.05) is 27.9 Å². The number of imidazole rings is 1. The third kappa shape index (κ3) is 3.11. The summed E-state index contributed by atoms with van der Waals surface area (Å²) in [6.07, 6.45) is 1.40. The topological polar surface area (TPSA) is 113 Å². The number of hydrogen-bond acceptors (Lipinski definition) is 6. The van der Waals surface area contributed by atoms with Gasteiger partial charge in [-0.05, 0) is 12.5 Å². The summed E-state index contributed by atoms with van der Waals surface area (Å²) in [5.41, 5.74) is 1.26. The summed E-state index contributed by atoms with van der Waals surface area (Å²) in [5, 5.41) is 22.3. The number of amides is 1. The van der Waals surface area contributed by atoms with Crippen LogP contribution in [0.4, 0.5) is 4.79 Å². The van der Waals surface area contributed by atoms with Crippen LogP contribution in [0.2, 0.25) is 5.02 Å². The van der Waals surface area contributed by atoms with E-state index < -0.39 is 17.8 Å². The normalized spacial score (nSPS) is 18.0. The van der Waals surface area contributed by atoms with E-state index in [1.54, 1.807) is 47.0 Å². The van der Waals surface area contributed by atoms with Crippen LogP contribution in [0.3, 0.4) is 0 Å². The average molecular weight is 488 g/mol. The molecule has 0 aliphatic carbocycles. The van der Waals surface area contributed by atoms with Crippen LogP contribution in [0.5, 0.6) is 5.88 Å². The highest BCUT2D eigenvalue weighted by Gasteiger charge is 2.50. The van der Waals surface area contributed by atoms with Crippen molar-refractivity contribution < 1.29 is 14.6 Å². The molecule has 0 radical (unpaired) electrons. The van der Waals surface area contributed by atoms with E-state index in [0.29, 0.717) is 45.7 Å². The zero-order valence-electron chi connectivity index (χ0n) is 18.3. The highest BCUT2D eigenvalue weighted by Crippen LogP contribution is 2.49. The van der Waals surface area contributed by atoms with E-state index >= 15 is 0 Å². The molecule has 4 aromatic rings. The maximum atomic E-state index is 13.4. The highest BCUT2D eigenvalue weighted by molar-refractivity contribution is 6.31. The Morgan fingerprint density at radius 2 is 1.94 bits per heavy atom. The van der Waals surface area contributed by atoms with Crippen molar-refractivity contribution in [3.8, 4) is 17.6 Å². The number of aromatic hydroxyl groups is 1. The number of hydrogen-bond donors (Lipinski definition) is 1. The third-order valence-electron chi connectivity index (χ3n) is 6.72. The molecule has 4 heterocycles. The lowest BCUT2D eigenvalue weighted by molar-refractivity contribution is 0.0870. The molecule has 2 unspecified atom stereocenters. The van der Waals surface area contributed by atoms with E-state index in [-0.39, 0.29) is 24.2 Å². The first-order valence-electron chi connectivity index (χ1n) is 11.0. The minimum Gasteiger partial charge on any atom is -0.493 e. The molecule has 2 aromatic carbocycles. The molecule has 35 heavy (non-hydrogen) atoms. The second-order valence-electron chi connectivity index (χ2n) is 8.55. The average Bonchev–Trinajstić information content (AvgIpc) is 3.54. The van der Waals surface area contributed by atoms with Crippen LogP contribution in [0.1, 0.15) is 35.5 Å². The third-order valence-corrected chi connectivity index (χ3v) is 7.09. The minimum absolute atomic E-state index is 0.0229. The molecule has 0 saturated carbocycles. The van der Waals surface area contributed by atoms with Gasteiger partial charge >= 0.3 is 11.8 Å². The van der Waals surface area contributed by atoms with E-state index in [1.165, 1.54) is 15.7 Å². The van der Waals surface area contributed by atoms with Crippen molar-refractivity contribution in [3.05, 3.63) is 87.2 Å². The molecule has 1 fully saturated rings. The van der Waals surface area contributed by atoms with E-state index in [0.717, 1.165) is 0 Å². The van der Waals surface area contributed by atoms with Gasteiger partial charge in [0.2, 0.25) is 5.88 Å². The lowest BCUT2D eigenvalue weighted by Gasteiger charge is -2.27. The van der Waals surface area contributed by atoms with Crippen LogP contribution >= 0.6 is 11.6 Å². The number of pyridine rings is 1. The summed E-state index contributed by atoms with van der Waals surface area (Å²) in [6.45, 7) is 0.323. The van der Waals surface area contributed by atoms with Crippen LogP contribution in [0.15, 0.2) is 59.5 Å². The number of carbonyl (C=O) groups is 1. The fourth-order valence-corrected chi connectivity index (χ4v) is 5.34. The monoisotopic (exact) mass is 487 g/mol. The predicted octanol–water partition coefficient (Wildman–Crippen LogP) is 4.06. The first-order chi connectivity index (χ1) is 17.0. The molecule has 2 aliphatic heterocycles. The molecule has 2 atom stereocenters. The number of fused-ring (bicyclic) bond motifs is 6. The first-order valence-corrected chi connectivity index (χ1v) is 11.4. The van der Waals surface area contributed by atoms with Gasteiger partial charge in [0.05, 0.1) is 24.0 Å². The van der Waals surface area contributed by atoms with Gasteiger partial charge < -0.3 is 9.84 Å². The Kier molecular flexibility index (Phi) is 4.79.